The number of carbonyl (C=O) groups is 1. The number of amides is 1. The Morgan fingerprint density at radius 3 is 2.79 bits per heavy atom. The first kappa shape index (κ1) is 21.1. The molecule has 0 fully saturated rings. The van der Waals surface area contributed by atoms with E-state index in [0.29, 0.717) is 5.75 Å². The summed E-state index contributed by atoms with van der Waals surface area (Å²) >= 11 is 1.56. The van der Waals surface area contributed by atoms with Gasteiger partial charge in [-0.15, -0.1) is 11.3 Å². The monoisotopic (exact) mass is 461 g/mol. The quantitative estimate of drug-likeness (QED) is 0.362. The maximum atomic E-state index is 12.8. The number of hydrogen-bond donors (Lipinski definition) is 2. The highest BCUT2D eigenvalue weighted by atomic mass is 32.1. The van der Waals surface area contributed by atoms with Crippen LogP contribution in [0.15, 0.2) is 65.3 Å². The van der Waals surface area contributed by atoms with Crippen molar-refractivity contribution in [3.63, 3.8) is 0 Å². The molecule has 3 aromatic heterocycles. The van der Waals surface area contributed by atoms with Crippen molar-refractivity contribution in [1.29, 1.82) is 0 Å². The second-order valence-corrected chi connectivity index (χ2v) is 8.77. The van der Waals surface area contributed by atoms with Crippen molar-refractivity contribution in [2.75, 3.05) is 17.4 Å². The van der Waals surface area contributed by atoms with E-state index in [9.17, 15) is 4.79 Å². The average molecular weight is 462 g/mol. The Labute approximate surface area is 195 Å². The van der Waals surface area contributed by atoms with Crippen LogP contribution in [0.25, 0.3) is 0 Å². The average Bonchev–Trinajstić information content (AvgIpc) is 3.58. The number of rotatable bonds is 7. The normalized spacial score (nSPS) is 13.0. The van der Waals surface area contributed by atoms with Gasteiger partial charge in [0.05, 0.1) is 12.3 Å². The zero-order chi connectivity index (χ0) is 22.8. The highest BCUT2D eigenvalue weighted by molar-refractivity contribution is 7.16. The molecule has 0 unspecified atom stereocenters. The Morgan fingerprint density at radius 2 is 2.00 bits per heavy atom. The number of furan rings is 1. The first-order chi connectivity index (χ1) is 16.1. The van der Waals surface area contributed by atoms with Gasteiger partial charge in [-0.05, 0) is 61.4 Å². The van der Waals surface area contributed by atoms with Crippen LogP contribution < -0.4 is 20.1 Å². The standard InChI is InChI=1S/C25H23N3O4S/c1-3-17-13-18(25(33-17)28-24(29)20-7-5-11-30-20)23(27-22-8-4-6-15(2)26-22)16-9-10-19-21(12-16)32-14-31-19/h4-13,23H,3,14H2,1-2H3,(H,26,27)(H,28,29)/t23-/m0/s1. The molecular weight excluding hydrogens is 438 g/mol. The summed E-state index contributed by atoms with van der Waals surface area (Å²) in [5.41, 5.74) is 2.82. The molecule has 1 atom stereocenters. The number of benzene rings is 1. The number of aromatic nitrogens is 1. The lowest BCUT2D eigenvalue weighted by atomic mass is 9.99. The predicted molar refractivity (Wildman–Crippen MR) is 127 cm³/mol. The minimum atomic E-state index is -0.288. The van der Waals surface area contributed by atoms with Gasteiger partial charge in [0.2, 0.25) is 6.79 Å². The molecule has 0 radical (unpaired) electrons. The predicted octanol–water partition coefficient (Wildman–Crippen LogP) is 5.79. The summed E-state index contributed by atoms with van der Waals surface area (Å²) in [5, 5.41) is 7.35. The van der Waals surface area contributed by atoms with Gasteiger partial charge in [0, 0.05) is 16.1 Å². The summed E-state index contributed by atoms with van der Waals surface area (Å²) in [6.07, 6.45) is 2.34. The van der Waals surface area contributed by atoms with E-state index in [0.717, 1.165) is 44.7 Å². The number of ether oxygens (including phenoxy) is 2. The zero-order valence-electron chi connectivity index (χ0n) is 18.3. The van der Waals surface area contributed by atoms with Crippen LogP contribution in [0.1, 0.15) is 45.2 Å². The van der Waals surface area contributed by atoms with Crippen LogP contribution >= 0.6 is 11.3 Å². The summed E-state index contributed by atoms with van der Waals surface area (Å²) < 4.78 is 16.4. The maximum Gasteiger partial charge on any atom is 0.291 e. The number of hydrogen-bond acceptors (Lipinski definition) is 7. The fourth-order valence-electron chi connectivity index (χ4n) is 3.72. The van der Waals surface area contributed by atoms with E-state index in [4.69, 9.17) is 13.9 Å². The van der Waals surface area contributed by atoms with Crippen molar-refractivity contribution in [1.82, 2.24) is 4.98 Å². The molecule has 168 valence electrons. The molecular formula is C25H23N3O4S. The smallest absolute Gasteiger partial charge is 0.291 e. The van der Waals surface area contributed by atoms with Gasteiger partial charge in [-0.2, -0.15) is 0 Å². The molecule has 1 aliphatic rings. The summed E-state index contributed by atoms with van der Waals surface area (Å²) in [6, 6.07) is 16.9. The van der Waals surface area contributed by atoms with Gasteiger partial charge in [-0.1, -0.05) is 19.1 Å². The van der Waals surface area contributed by atoms with Crippen molar-refractivity contribution in [2.45, 2.75) is 26.3 Å². The van der Waals surface area contributed by atoms with Gasteiger partial charge < -0.3 is 24.5 Å². The van der Waals surface area contributed by atoms with Gasteiger partial charge in [0.25, 0.3) is 5.91 Å². The van der Waals surface area contributed by atoms with Gasteiger partial charge in [0.15, 0.2) is 17.3 Å². The number of nitrogens with zero attached hydrogens (tertiary/aromatic N) is 1. The molecule has 1 aliphatic heterocycles. The van der Waals surface area contributed by atoms with Gasteiger partial charge >= 0.3 is 0 Å². The molecule has 4 aromatic rings. The van der Waals surface area contributed by atoms with Crippen LogP contribution in [0.3, 0.4) is 0 Å². The van der Waals surface area contributed by atoms with Crippen LogP contribution in [-0.4, -0.2) is 17.7 Å². The number of nitrogens with one attached hydrogen (secondary N) is 2. The first-order valence-electron chi connectivity index (χ1n) is 10.7. The second-order valence-electron chi connectivity index (χ2n) is 7.64. The van der Waals surface area contributed by atoms with Crippen LogP contribution in [0.2, 0.25) is 0 Å². The van der Waals surface area contributed by atoms with Crippen LogP contribution in [-0.2, 0) is 6.42 Å². The van der Waals surface area contributed by atoms with E-state index in [1.54, 1.807) is 23.5 Å². The molecule has 4 heterocycles. The van der Waals surface area contributed by atoms with Crippen LogP contribution in [0, 0.1) is 6.92 Å². The fourth-order valence-corrected chi connectivity index (χ4v) is 4.75. The topological polar surface area (TPSA) is 85.6 Å². The van der Waals surface area contributed by atoms with Crippen LogP contribution in [0.5, 0.6) is 11.5 Å². The lowest BCUT2D eigenvalue weighted by Gasteiger charge is -2.21. The number of carbonyl (C=O) groups excluding carboxylic acids is 1. The molecule has 33 heavy (non-hydrogen) atoms. The van der Waals surface area contributed by atoms with E-state index in [1.165, 1.54) is 6.26 Å². The number of fused-ring (bicyclic) bond motifs is 1. The molecule has 0 saturated heterocycles. The van der Waals surface area contributed by atoms with E-state index in [2.05, 4.69) is 28.6 Å². The largest absolute Gasteiger partial charge is 0.459 e. The molecule has 1 amide bonds. The highest BCUT2D eigenvalue weighted by Gasteiger charge is 2.25. The Hall–Kier alpha value is -3.78. The third kappa shape index (κ3) is 4.42. The van der Waals surface area contributed by atoms with Crippen molar-refractivity contribution >= 4 is 28.1 Å². The summed E-state index contributed by atoms with van der Waals surface area (Å²) in [7, 11) is 0. The van der Waals surface area contributed by atoms with Crippen molar-refractivity contribution in [3.8, 4) is 11.5 Å². The molecule has 0 bridgehead atoms. The van der Waals surface area contributed by atoms with Crippen molar-refractivity contribution in [2.24, 2.45) is 0 Å². The Balaban J connectivity index is 1.57. The van der Waals surface area contributed by atoms with Gasteiger partial charge in [0.1, 0.15) is 10.8 Å². The Kier molecular flexibility index (Phi) is 5.75. The van der Waals surface area contributed by atoms with Gasteiger partial charge in [-0.3, -0.25) is 4.79 Å². The van der Waals surface area contributed by atoms with E-state index in [1.807, 2.05) is 43.3 Å². The third-order valence-corrected chi connectivity index (χ3v) is 6.56. The molecule has 7 nitrogen and oxygen atoms in total. The minimum Gasteiger partial charge on any atom is -0.459 e. The summed E-state index contributed by atoms with van der Waals surface area (Å²) in [5.74, 6) is 2.13. The number of thiophene rings is 1. The fraction of sp³-hybridized carbons (Fsp3) is 0.200. The van der Waals surface area contributed by atoms with Crippen LogP contribution in [0.4, 0.5) is 10.8 Å². The van der Waals surface area contributed by atoms with E-state index >= 15 is 0 Å². The van der Waals surface area contributed by atoms with E-state index < -0.39 is 0 Å². The Bertz CT molecular complexity index is 1280. The Morgan fingerprint density at radius 1 is 1.12 bits per heavy atom. The van der Waals surface area contributed by atoms with Crippen molar-refractivity contribution < 1.29 is 18.7 Å². The number of pyridine rings is 1. The number of anilines is 2. The molecule has 0 aliphatic carbocycles. The molecule has 1 aromatic carbocycles. The minimum absolute atomic E-state index is 0.208. The molecule has 5 rings (SSSR count). The molecule has 0 spiro atoms. The summed E-state index contributed by atoms with van der Waals surface area (Å²) in [6.45, 7) is 4.26. The molecule has 8 heteroatoms. The second kappa shape index (κ2) is 8.99. The number of aryl methyl sites for hydroxylation is 2. The molecule has 0 saturated carbocycles. The van der Waals surface area contributed by atoms with Crippen molar-refractivity contribution in [3.05, 3.63) is 88.3 Å². The summed E-state index contributed by atoms with van der Waals surface area (Å²) in [4.78, 5) is 18.6. The lowest BCUT2D eigenvalue weighted by molar-refractivity contribution is 0.0997. The first-order valence-corrected chi connectivity index (χ1v) is 11.5. The lowest BCUT2D eigenvalue weighted by Crippen LogP contribution is -2.17. The third-order valence-electron chi connectivity index (χ3n) is 5.35. The highest BCUT2D eigenvalue weighted by Crippen LogP contribution is 2.41. The zero-order valence-corrected chi connectivity index (χ0v) is 19.1. The maximum absolute atomic E-state index is 12.8. The van der Waals surface area contributed by atoms with E-state index in [-0.39, 0.29) is 24.5 Å². The molecule has 2 N–H and O–H groups in total. The van der Waals surface area contributed by atoms with Gasteiger partial charge in [-0.25, -0.2) is 4.98 Å². The SMILES string of the molecule is CCc1cc([C@@H](Nc2cccc(C)n2)c2ccc3c(c2)OCO3)c(NC(=O)c2ccco2)s1.